The van der Waals surface area contributed by atoms with Gasteiger partial charge in [0.15, 0.2) is 5.16 Å². The minimum absolute atomic E-state index is 0.0551. The first-order chi connectivity index (χ1) is 11.5. The number of rotatable bonds is 2. The summed E-state index contributed by atoms with van der Waals surface area (Å²) in [6.45, 7) is 0. The number of nitrogens with two attached hydrogens (primary N) is 1. The van der Waals surface area contributed by atoms with Gasteiger partial charge in [0.05, 0.1) is 11.0 Å². The first-order valence-corrected chi connectivity index (χ1v) is 8.27. The summed E-state index contributed by atoms with van der Waals surface area (Å²) >= 11 is 23.5. The van der Waals surface area contributed by atoms with Crippen LogP contribution in [0.4, 0.5) is 5.95 Å². The Morgan fingerprint density at radius 2 is 1.67 bits per heavy atom. The average Bonchev–Trinajstić information content (AvgIpc) is 2.89. The first-order valence-electron chi connectivity index (χ1n) is 6.76. The molecule has 3 aromatic rings. The van der Waals surface area contributed by atoms with Crippen molar-refractivity contribution < 1.29 is 0 Å². The Balaban J connectivity index is 2.30. The van der Waals surface area contributed by atoms with Crippen molar-refractivity contribution in [2.75, 3.05) is 5.73 Å². The van der Waals surface area contributed by atoms with Crippen LogP contribution in [0.3, 0.4) is 0 Å². The summed E-state index contributed by atoms with van der Waals surface area (Å²) in [6.07, 6.45) is 0. The SMILES string of the molecule is Nc1nc2ccccc2n1C(=NC(Cl)=C(Cl)Cl)c1ccc(Cl)cc1. The second-order valence-electron chi connectivity index (χ2n) is 4.79. The van der Waals surface area contributed by atoms with E-state index in [1.807, 2.05) is 24.3 Å². The molecule has 0 aliphatic rings. The zero-order chi connectivity index (χ0) is 17.3. The van der Waals surface area contributed by atoms with Crippen LogP contribution >= 0.6 is 46.4 Å². The molecule has 0 atom stereocenters. The molecule has 0 saturated heterocycles. The summed E-state index contributed by atoms with van der Waals surface area (Å²) in [5.41, 5.74) is 8.32. The van der Waals surface area contributed by atoms with E-state index < -0.39 is 0 Å². The Morgan fingerprint density at radius 3 is 2.33 bits per heavy atom. The van der Waals surface area contributed by atoms with Gasteiger partial charge in [0.2, 0.25) is 5.95 Å². The number of halogens is 4. The topological polar surface area (TPSA) is 56.2 Å². The third kappa shape index (κ3) is 3.37. The smallest absolute Gasteiger partial charge is 0.207 e. The number of aromatic nitrogens is 2. The van der Waals surface area contributed by atoms with Gasteiger partial charge in [-0.15, -0.1) is 0 Å². The standard InChI is InChI=1S/C16H10Cl4N4/c17-10-7-5-9(6-8-10)15(23-14(20)13(18)19)24-12-4-2-1-3-11(12)22-16(24)21/h1-8H,(H2,21,22). The Labute approximate surface area is 158 Å². The largest absolute Gasteiger partial charge is 0.369 e. The molecule has 2 N–H and O–H groups in total. The van der Waals surface area contributed by atoms with Crippen molar-refractivity contribution in [1.82, 2.24) is 9.55 Å². The Bertz CT molecular complexity index is 954. The Hall–Kier alpha value is -1.72. The number of benzene rings is 2. The maximum Gasteiger partial charge on any atom is 0.207 e. The Morgan fingerprint density at radius 1 is 1.00 bits per heavy atom. The molecule has 2 aromatic carbocycles. The van der Waals surface area contributed by atoms with E-state index in [9.17, 15) is 0 Å². The fourth-order valence-electron chi connectivity index (χ4n) is 2.25. The molecule has 0 radical (unpaired) electrons. The van der Waals surface area contributed by atoms with Crippen molar-refractivity contribution >= 4 is 69.2 Å². The second-order valence-corrected chi connectivity index (χ2v) is 6.53. The number of imidazole rings is 1. The fraction of sp³-hybridized carbons (Fsp3) is 0. The zero-order valence-electron chi connectivity index (χ0n) is 12.0. The van der Waals surface area contributed by atoms with Crippen LogP contribution < -0.4 is 5.73 Å². The normalized spacial score (nSPS) is 11.8. The Kier molecular flexibility index (Phi) is 5.01. The number of hydrogen-bond acceptors (Lipinski definition) is 3. The minimum Gasteiger partial charge on any atom is -0.369 e. The summed E-state index contributed by atoms with van der Waals surface area (Å²) in [7, 11) is 0. The fourth-order valence-corrected chi connectivity index (χ4v) is 2.54. The zero-order valence-corrected chi connectivity index (χ0v) is 15.1. The average molecular weight is 400 g/mol. The number of aliphatic imine (C=N–C) groups is 1. The molecule has 0 unspecified atom stereocenters. The highest BCUT2D eigenvalue weighted by Crippen LogP contribution is 2.24. The van der Waals surface area contributed by atoms with Crippen LogP contribution in [-0.2, 0) is 0 Å². The minimum atomic E-state index is -0.147. The number of nitrogens with zero attached hydrogens (tertiary/aromatic N) is 3. The molecule has 0 bridgehead atoms. The lowest BCUT2D eigenvalue weighted by molar-refractivity contribution is 1.17. The molecule has 1 aromatic heterocycles. The number of anilines is 1. The number of nitrogen functional groups attached to an aromatic ring is 1. The van der Waals surface area contributed by atoms with Crippen molar-refractivity contribution in [3.8, 4) is 0 Å². The second kappa shape index (κ2) is 7.03. The van der Waals surface area contributed by atoms with E-state index in [0.29, 0.717) is 10.9 Å². The van der Waals surface area contributed by atoms with E-state index in [-0.39, 0.29) is 15.6 Å². The summed E-state index contributed by atoms with van der Waals surface area (Å²) in [6, 6.07) is 14.6. The predicted octanol–water partition coefficient (Wildman–Crippen LogP) is 5.41. The van der Waals surface area contributed by atoms with Gasteiger partial charge in [-0.3, -0.25) is 4.57 Å². The molecule has 3 rings (SSSR count). The van der Waals surface area contributed by atoms with Gasteiger partial charge in [-0.25, -0.2) is 9.98 Å². The molecular weight excluding hydrogens is 390 g/mol. The van der Waals surface area contributed by atoms with Gasteiger partial charge < -0.3 is 5.73 Å². The molecule has 0 aliphatic carbocycles. The quantitative estimate of drug-likeness (QED) is 0.355. The highest BCUT2D eigenvalue weighted by atomic mass is 35.5. The lowest BCUT2D eigenvalue weighted by atomic mass is 10.2. The van der Waals surface area contributed by atoms with Crippen LogP contribution in [0.15, 0.2) is 63.2 Å². The van der Waals surface area contributed by atoms with Crippen LogP contribution in [0.5, 0.6) is 0 Å². The van der Waals surface area contributed by atoms with Crippen LogP contribution in [0, 0.1) is 0 Å². The van der Waals surface area contributed by atoms with Crippen molar-refractivity contribution in [3.63, 3.8) is 0 Å². The maximum absolute atomic E-state index is 6.09. The first kappa shape index (κ1) is 17.1. The molecule has 24 heavy (non-hydrogen) atoms. The van der Waals surface area contributed by atoms with Crippen molar-refractivity contribution in [1.29, 1.82) is 0 Å². The third-order valence-electron chi connectivity index (χ3n) is 3.26. The molecule has 122 valence electrons. The van der Waals surface area contributed by atoms with Gasteiger partial charge in [0, 0.05) is 10.6 Å². The lowest BCUT2D eigenvalue weighted by Gasteiger charge is -2.11. The molecule has 0 spiro atoms. The molecule has 8 heteroatoms. The molecule has 0 aliphatic heterocycles. The highest BCUT2D eigenvalue weighted by Gasteiger charge is 2.16. The maximum atomic E-state index is 6.09. The lowest BCUT2D eigenvalue weighted by Crippen LogP contribution is -2.16. The van der Waals surface area contributed by atoms with Gasteiger partial charge >= 0.3 is 0 Å². The summed E-state index contributed by atoms with van der Waals surface area (Å²) in [5.74, 6) is 0.696. The number of hydrogen-bond donors (Lipinski definition) is 1. The predicted molar refractivity (Wildman–Crippen MR) is 102 cm³/mol. The summed E-state index contributed by atoms with van der Waals surface area (Å²) < 4.78 is 1.53. The van der Waals surface area contributed by atoms with Crippen molar-refractivity contribution in [2.45, 2.75) is 0 Å². The van der Waals surface area contributed by atoms with Gasteiger partial charge in [0.25, 0.3) is 0 Å². The monoisotopic (exact) mass is 398 g/mol. The van der Waals surface area contributed by atoms with Crippen molar-refractivity contribution in [2.24, 2.45) is 4.99 Å². The van der Waals surface area contributed by atoms with Gasteiger partial charge in [-0.1, -0.05) is 58.5 Å². The van der Waals surface area contributed by atoms with Crippen LogP contribution in [-0.4, -0.2) is 15.4 Å². The molecule has 0 fully saturated rings. The van der Waals surface area contributed by atoms with E-state index in [2.05, 4.69) is 9.98 Å². The van der Waals surface area contributed by atoms with Crippen LogP contribution in [0.1, 0.15) is 5.56 Å². The highest BCUT2D eigenvalue weighted by molar-refractivity contribution is 6.59. The van der Waals surface area contributed by atoms with Crippen LogP contribution in [0.25, 0.3) is 11.0 Å². The number of para-hydroxylation sites is 2. The molecular formula is C16H10Cl4N4. The molecule has 0 saturated carbocycles. The number of fused-ring (bicyclic) bond motifs is 1. The third-order valence-corrected chi connectivity index (χ3v) is 4.34. The molecule has 0 amide bonds. The molecule has 4 nitrogen and oxygen atoms in total. The van der Waals surface area contributed by atoms with E-state index in [0.717, 1.165) is 16.6 Å². The van der Waals surface area contributed by atoms with Gasteiger partial charge in [0.1, 0.15) is 10.3 Å². The summed E-state index contributed by atoms with van der Waals surface area (Å²) in [4.78, 5) is 8.66. The van der Waals surface area contributed by atoms with E-state index in [4.69, 9.17) is 52.1 Å². The van der Waals surface area contributed by atoms with Gasteiger partial charge in [-0.2, -0.15) is 0 Å². The van der Waals surface area contributed by atoms with Gasteiger partial charge in [-0.05, 0) is 36.4 Å². The summed E-state index contributed by atoms with van der Waals surface area (Å²) in [5, 5.41) is 0.541. The van der Waals surface area contributed by atoms with Crippen LogP contribution in [0.2, 0.25) is 5.02 Å². The van der Waals surface area contributed by atoms with E-state index >= 15 is 0 Å². The molecule has 1 heterocycles. The van der Waals surface area contributed by atoms with E-state index in [1.165, 1.54) is 0 Å². The van der Waals surface area contributed by atoms with Crippen molar-refractivity contribution in [3.05, 3.63) is 68.8 Å². The van der Waals surface area contributed by atoms with E-state index in [1.54, 1.807) is 28.8 Å².